The van der Waals surface area contributed by atoms with Crippen molar-refractivity contribution >= 4 is 23.4 Å². The topological polar surface area (TPSA) is 147 Å². The second kappa shape index (κ2) is 10.3. The molecule has 10 heteroatoms. The minimum absolute atomic E-state index is 0.0211. The number of hydrogen-bond acceptors (Lipinski definition) is 7. The number of nitrogens with zero attached hydrogens (tertiary/aromatic N) is 2. The molecule has 0 aliphatic carbocycles. The fourth-order valence-electron chi connectivity index (χ4n) is 3.96. The van der Waals surface area contributed by atoms with E-state index in [4.69, 9.17) is 15.5 Å². The lowest BCUT2D eigenvalue weighted by molar-refractivity contribution is -0.728. The molecule has 2 unspecified atom stereocenters. The van der Waals surface area contributed by atoms with Gasteiger partial charge in [0.2, 0.25) is 5.70 Å². The van der Waals surface area contributed by atoms with Crippen molar-refractivity contribution in [3.8, 4) is 11.3 Å². The van der Waals surface area contributed by atoms with Crippen molar-refractivity contribution < 1.29 is 19.4 Å². The molecule has 4 rings (SSSR count). The highest BCUT2D eigenvalue weighted by molar-refractivity contribution is 5.92. The van der Waals surface area contributed by atoms with Gasteiger partial charge in [-0.05, 0) is 30.7 Å². The second-order valence-corrected chi connectivity index (χ2v) is 7.97. The van der Waals surface area contributed by atoms with E-state index in [-0.39, 0.29) is 23.9 Å². The molecule has 10 nitrogen and oxygen atoms in total. The molecule has 2 aromatic heterocycles. The zero-order chi connectivity index (χ0) is 24.9. The molecule has 5 N–H and O–H groups in total. The number of fused-ring (bicyclic) bond motifs is 1. The first-order valence-corrected chi connectivity index (χ1v) is 11.1. The van der Waals surface area contributed by atoms with Gasteiger partial charge in [-0.3, -0.25) is 20.2 Å². The number of carbonyl (C=O) groups is 2. The van der Waals surface area contributed by atoms with Crippen LogP contribution in [0.3, 0.4) is 0 Å². The lowest BCUT2D eigenvalue weighted by Crippen LogP contribution is -3.02. The van der Waals surface area contributed by atoms with Crippen LogP contribution in [0.25, 0.3) is 11.3 Å². The predicted molar refractivity (Wildman–Crippen MR) is 130 cm³/mol. The monoisotopic (exact) mass is 474 g/mol. The first-order chi connectivity index (χ1) is 16.9. The van der Waals surface area contributed by atoms with Crippen molar-refractivity contribution in [2.24, 2.45) is 5.73 Å². The van der Waals surface area contributed by atoms with E-state index in [1.807, 2.05) is 25.1 Å². The molecule has 3 heterocycles. The number of rotatable bonds is 6. The average Bonchev–Trinajstić information content (AvgIpc) is 2.88. The lowest BCUT2D eigenvalue weighted by atomic mass is 9.91. The Hall–Kier alpha value is -4.28. The summed E-state index contributed by atoms with van der Waals surface area (Å²) in [4.78, 5) is 33.0. The standard InChI is InChI=1S/C25H26N6O4/c1-3-18-21(26)23(24(32)27-2)31(34)20-11-10-19(30-22(18)20)16-6-8-17(9-7-16)29-25(33)35-14-15-5-4-12-28-13-15/h4-13,18,31H,3,14,26H2,1-2H3,(H,27,32)(H,29,33). The largest absolute Gasteiger partial charge is 0.623 e. The molecule has 0 radical (unpaired) electrons. The molecule has 0 fully saturated rings. The normalized spacial score (nSPS) is 16.9. The number of nitrogens with one attached hydrogen (secondary N) is 3. The first-order valence-electron chi connectivity index (χ1n) is 11.1. The highest BCUT2D eigenvalue weighted by Gasteiger charge is 2.36. The summed E-state index contributed by atoms with van der Waals surface area (Å²) >= 11 is 0. The van der Waals surface area contributed by atoms with Crippen LogP contribution in [0.5, 0.6) is 0 Å². The summed E-state index contributed by atoms with van der Waals surface area (Å²) in [6.07, 6.45) is 3.29. The average molecular weight is 475 g/mol. The number of benzene rings is 1. The number of allylic oxidation sites excluding steroid dienone is 1. The Kier molecular flexibility index (Phi) is 7.04. The van der Waals surface area contributed by atoms with Crippen molar-refractivity contribution in [2.45, 2.75) is 25.9 Å². The maximum absolute atomic E-state index is 12.9. The van der Waals surface area contributed by atoms with Crippen LogP contribution in [0.15, 0.2) is 72.3 Å². The van der Waals surface area contributed by atoms with Crippen LogP contribution >= 0.6 is 0 Å². The van der Waals surface area contributed by atoms with Crippen LogP contribution in [-0.4, -0.2) is 29.0 Å². The van der Waals surface area contributed by atoms with Crippen molar-refractivity contribution in [1.82, 2.24) is 15.3 Å². The molecule has 180 valence electrons. The molecule has 3 aromatic rings. The Bertz CT molecular complexity index is 1260. The Morgan fingerprint density at radius 1 is 1.17 bits per heavy atom. The molecule has 1 aliphatic rings. The quantitative estimate of drug-likeness (QED) is 0.401. The minimum atomic E-state index is -0.577. The summed E-state index contributed by atoms with van der Waals surface area (Å²) in [7, 11) is 1.46. The summed E-state index contributed by atoms with van der Waals surface area (Å²) in [5.74, 6) is -0.840. The van der Waals surface area contributed by atoms with E-state index < -0.39 is 17.1 Å². The van der Waals surface area contributed by atoms with Crippen molar-refractivity contribution in [3.05, 3.63) is 88.8 Å². The molecule has 1 aliphatic heterocycles. The van der Waals surface area contributed by atoms with Gasteiger partial charge >= 0.3 is 12.0 Å². The third-order valence-corrected chi connectivity index (χ3v) is 5.77. The molecule has 35 heavy (non-hydrogen) atoms. The third-order valence-electron chi connectivity index (χ3n) is 5.77. The van der Waals surface area contributed by atoms with Gasteiger partial charge in [0.05, 0.1) is 17.3 Å². The summed E-state index contributed by atoms with van der Waals surface area (Å²) in [6, 6.07) is 14.1. The van der Waals surface area contributed by atoms with Crippen LogP contribution in [0, 0.1) is 5.21 Å². The summed E-state index contributed by atoms with van der Waals surface area (Å²) in [5.41, 5.74) is 10.2. The molecule has 2 atom stereocenters. The van der Waals surface area contributed by atoms with Gasteiger partial charge < -0.3 is 21.0 Å². The van der Waals surface area contributed by atoms with Crippen LogP contribution in [0.2, 0.25) is 0 Å². The number of hydrogen-bond donors (Lipinski definition) is 4. The highest BCUT2D eigenvalue weighted by atomic mass is 16.5. The van der Waals surface area contributed by atoms with Gasteiger partial charge in [0.25, 0.3) is 0 Å². The Balaban J connectivity index is 1.50. The van der Waals surface area contributed by atoms with Crippen LogP contribution in [-0.2, 0) is 16.1 Å². The molecule has 0 spiro atoms. The third kappa shape index (κ3) is 4.98. The van der Waals surface area contributed by atoms with Crippen molar-refractivity contribution in [3.63, 3.8) is 0 Å². The summed E-state index contributed by atoms with van der Waals surface area (Å²) < 4.78 is 5.21. The maximum Gasteiger partial charge on any atom is 0.411 e. The van der Waals surface area contributed by atoms with E-state index in [9.17, 15) is 14.8 Å². The molecule has 0 bridgehead atoms. The molecular weight excluding hydrogens is 448 g/mol. The van der Waals surface area contributed by atoms with E-state index in [0.717, 1.165) is 11.1 Å². The van der Waals surface area contributed by atoms with E-state index >= 15 is 0 Å². The first kappa shape index (κ1) is 23.9. The van der Waals surface area contributed by atoms with Crippen LogP contribution in [0.1, 0.15) is 30.5 Å². The van der Waals surface area contributed by atoms with Crippen molar-refractivity contribution in [1.29, 1.82) is 0 Å². The Morgan fingerprint density at radius 3 is 2.60 bits per heavy atom. The van der Waals surface area contributed by atoms with Crippen molar-refractivity contribution in [2.75, 3.05) is 12.4 Å². The summed E-state index contributed by atoms with van der Waals surface area (Å²) in [5, 5.41) is 17.7. The van der Waals surface area contributed by atoms with Gasteiger partial charge in [-0.25, -0.2) is 9.78 Å². The fourth-order valence-corrected chi connectivity index (χ4v) is 3.96. The van der Waals surface area contributed by atoms with Gasteiger partial charge in [-0.1, -0.05) is 25.1 Å². The fraction of sp³-hybridized carbons (Fsp3) is 0.200. The number of pyridine rings is 2. The van der Waals surface area contributed by atoms with Gasteiger partial charge in [0.1, 0.15) is 12.3 Å². The van der Waals surface area contributed by atoms with E-state index in [2.05, 4.69) is 15.6 Å². The lowest BCUT2D eigenvalue weighted by Gasteiger charge is -2.33. The number of likely N-dealkylation sites (N-methyl/N-ethyl adjacent to an activating group) is 1. The van der Waals surface area contributed by atoms with Crippen LogP contribution in [0.4, 0.5) is 16.2 Å². The maximum atomic E-state index is 12.9. The smallest absolute Gasteiger partial charge is 0.411 e. The van der Waals surface area contributed by atoms with Gasteiger partial charge in [-0.2, -0.15) is 0 Å². The highest BCUT2D eigenvalue weighted by Crippen LogP contribution is 2.34. The van der Waals surface area contributed by atoms with Gasteiger partial charge in [-0.15, -0.1) is 0 Å². The molecule has 0 saturated heterocycles. The predicted octanol–water partition coefficient (Wildman–Crippen LogP) is 2.33. The Labute approximate surface area is 202 Å². The SMILES string of the molecule is CCC1C(N)=C(C(=O)NC)[NH+]([O-])c2ccc(-c3ccc(NC(=O)OCc4cccnc4)cc3)nc21. The number of hydroxylamine groups is 1. The van der Waals surface area contributed by atoms with E-state index in [1.165, 1.54) is 7.05 Å². The number of carbonyl (C=O) groups excluding carboxylic acids is 2. The van der Waals surface area contributed by atoms with E-state index in [1.54, 1.807) is 42.7 Å². The molecular formula is C25H26N6O4. The van der Waals surface area contributed by atoms with Gasteiger partial charge in [0.15, 0.2) is 5.69 Å². The zero-order valence-corrected chi connectivity index (χ0v) is 19.4. The Morgan fingerprint density at radius 2 is 1.94 bits per heavy atom. The minimum Gasteiger partial charge on any atom is -0.623 e. The van der Waals surface area contributed by atoms with E-state index in [0.29, 0.717) is 29.2 Å². The number of ether oxygens (including phenoxy) is 1. The molecule has 2 amide bonds. The van der Waals surface area contributed by atoms with Crippen LogP contribution < -0.4 is 21.4 Å². The number of amides is 2. The summed E-state index contributed by atoms with van der Waals surface area (Å²) in [6.45, 7) is 2.05. The number of aromatic nitrogens is 2. The van der Waals surface area contributed by atoms with Gasteiger partial charge in [0, 0.05) is 42.3 Å². The zero-order valence-electron chi connectivity index (χ0n) is 19.4. The molecule has 1 aromatic carbocycles. The number of nitrogens with two attached hydrogens (primary N) is 1. The number of anilines is 1. The number of quaternary nitrogens is 1. The second-order valence-electron chi connectivity index (χ2n) is 7.97. The molecule has 0 saturated carbocycles.